The fourth-order valence-corrected chi connectivity index (χ4v) is 5.80. The average molecular weight is 455 g/mol. The molecule has 0 heterocycles. The molecule has 0 saturated heterocycles. The van der Waals surface area contributed by atoms with Gasteiger partial charge in [-0.1, -0.05) is 13.8 Å². The van der Waals surface area contributed by atoms with Crippen molar-refractivity contribution in [3.05, 3.63) is 0 Å². The number of amides is 2. The van der Waals surface area contributed by atoms with Gasteiger partial charge in [0.15, 0.2) is 5.72 Å². The van der Waals surface area contributed by atoms with Gasteiger partial charge in [0.1, 0.15) is 0 Å². The minimum atomic E-state index is -1.10. The topological polar surface area (TPSA) is 122 Å². The van der Waals surface area contributed by atoms with E-state index in [4.69, 9.17) is 16.2 Å². The molecule has 0 bridgehead atoms. The van der Waals surface area contributed by atoms with E-state index in [9.17, 15) is 14.7 Å². The number of carbonyl (C=O) groups is 2. The minimum absolute atomic E-state index is 0.0356. The van der Waals surface area contributed by atoms with Crippen molar-refractivity contribution in [1.82, 2.24) is 9.80 Å². The molecule has 2 fully saturated rings. The first-order valence-corrected chi connectivity index (χ1v) is 12.1. The highest BCUT2D eigenvalue weighted by molar-refractivity contribution is 5.70. The van der Waals surface area contributed by atoms with Gasteiger partial charge < -0.3 is 25.4 Å². The third-order valence-corrected chi connectivity index (χ3v) is 7.15. The fourth-order valence-electron chi connectivity index (χ4n) is 5.80. The second kappa shape index (κ2) is 9.37. The summed E-state index contributed by atoms with van der Waals surface area (Å²) < 4.78 is 6.01. The predicted octanol–water partition coefficient (Wildman–Crippen LogP) is 4.36. The third kappa shape index (κ3) is 6.07. The van der Waals surface area contributed by atoms with Crippen LogP contribution in [0.4, 0.5) is 9.59 Å². The van der Waals surface area contributed by atoms with E-state index in [-0.39, 0.29) is 36.1 Å². The molecule has 0 aromatic carbocycles. The molecule has 5 N–H and O–H groups in total. The quantitative estimate of drug-likeness (QED) is 0.545. The van der Waals surface area contributed by atoms with E-state index in [1.807, 2.05) is 53.4 Å². The molecule has 0 aliphatic heterocycles. The van der Waals surface area contributed by atoms with E-state index >= 15 is 0 Å². The zero-order valence-corrected chi connectivity index (χ0v) is 21.4. The van der Waals surface area contributed by atoms with E-state index in [1.165, 1.54) is 4.90 Å². The first-order chi connectivity index (χ1) is 14.5. The lowest BCUT2D eigenvalue weighted by Crippen LogP contribution is -2.62. The Labute approximate surface area is 194 Å². The molecule has 0 aromatic heterocycles. The number of ether oxygens (including phenoxy) is 1. The lowest BCUT2D eigenvalue weighted by Gasteiger charge is -2.50. The standard InChI is InChI=1S/C24H46N4O4/c1-15-13-17(25)9-10-18(15)28(23(6,7)8)21(31)32-24(26)12-11-19(16(2)14-24)27(20(29)30)22(3,4)5/h15-19H,9-14,25-26H2,1-8H3,(H,29,30)/t15?,16-,17?,18?,19-,24+/m1/s1. The number of carboxylic acid groups (broad SMARTS) is 1. The molecular formula is C24H46N4O4. The van der Waals surface area contributed by atoms with E-state index in [2.05, 4.69) is 6.92 Å². The molecule has 0 spiro atoms. The van der Waals surface area contributed by atoms with Crippen molar-refractivity contribution in [2.45, 2.75) is 129 Å². The predicted molar refractivity (Wildman–Crippen MR) is 126 cm³/mol. The van der Waals surface area contributed by atoms with Crippen LogP contribution in [-0.4, -0.2) is 62.0 Å². The molecule has 2 aliphatic carbocycles. The summed E-state index contributed by atoms with van der Waals surface area (Å²) in [6.45, 7) is 15.9. The van der Waals surface area contributed by atoms with Crippen molar-refractivity contribution < 1.29 is 19.4 Å². The Bertz CT molecular complexity index is 686. The van der Waals surface area contributed by atoms with Crippen LogP contribution in [0, 0.1) is 11.8 Å². The summed E-state index contributed by atoms with van der Waals surface area (Å²) in [4.78, 5) is 28.8. The molecule has 2 amide bonds. The van der Waals surface area contributed by atoms with E-state index in [1.54, 1.807) is 0 Å². The van der Waals surface area contributed by atoms with Gasteiger partial charge in [-0.25, -0.2) is 9.59 Å². The zero-order chi connectivity index (χ0) is 24.6. The van der Waals surface area contributed by atoms with Gasteiger partial charge in [0, 0.05) is 42.0 Å². The van der Waals surface area contributed by atoms with Crippen molar-refractivity contribution in [1.29, 1.82) is 0 Å². The lowest BCUT2D eigenvalue weighted by atomic mass is 9.78. The van der Waals surface area contributed by atoms with Crippen molar-refractivity contribution >= 4 is 12.2 Å². The number of rotatable bonds is 3. The number of hydrogen-bond acceptors (Lipinski definition) is 5. The summed E-state index contributed by atoms with van der Waals surface area (Å²) in [5.74, 6) is 0.247. The van der Waals surface area contributed by atoms with Gasteiger partial charge in [-0.15, -0.1) is 0 Å². The maximum Gasteiger partial charge on any atom is 0.412 e. The van der Waals surface area contributed by atoms with Crippen molar-refractivity contribution in [3.63, 3.8) is 0 Å². The first-order valence-electron chi connectivity index (χ1n) is 12.1. The fraction of sp³-hybridized carbons (Fsp3) is 0.917. The van der Waals surface area contributed by atoms with E-state index in [0.717, 1.165) is 19.3 Å². The monoisotopic (exact) mass is 454 g/mol. The second-order valence-electron chi connectivity index (χ2n) is 12.2. The molecule has 2 aliphatic rings. The SMILES string of the molecule is CC1CC(N)CCC1N(C(=O)O[C@@]1(N)CC[C@@H](N(C(=O)O)C(C)(C)C)[C@H](C)C1)C(C)(C)C. The van der Waals surface area contributed by atoms with Crippen LogP contribution in [0.5, 0.6) is 0 Å². The van der Waals surface area contributed by atoms with Crippen LogP contribution in [0.15, 0.2) is 0 Å². The Morgan fingerprint density at radius 2 is 1.47 bits per heavy atom. The highest BCUT2D eigenvalue weighted by Crippen LogP contribution is 2.39. The summed E-state index contributed by atoms with van der Waals surface area (Å²) >= 11 is 0. The van der Waals surface area contributed by atoms with Crippen LogP contribution < -0.4 is 11.5 Å². The van der Waals surface area contributed by atoms with Gasteiger partial charge >= 0.3 is 12.2 Å². The second-order valence-corrected chi connectivity index (χ2v) is 12.2. The van der Waals surface area contributed by atoms with E-state index in [0.29, 0.717) is 19.3 Å². The summed E-state index contributed by atoms with van der Waals surface area (Å²) in [7, 11) is 0. The Morgan fingerprint density at radius 3 is 1.91 bits per heavy atom. The summed E-state index contributed by atoms with van der Waals surface area (Å²) in [6.07, 6.45) is 2.71. The Kier molecular flexibility index (Phi) is 7.82. The molecule has 2 saturated carbocycles. The molecule has 2 rings (SSSR count). The van der Waals surface area contributed by atoms with E-state index < -0.39 is 22.9 Å². The number of nitrogens with two attached hydrogens (primary N) is 2. The summed E-state index contributed by atoms with van der Waals surface area (Å²) in [5.41, 5.74) is 10.7. The highest BCUT2D eigenvalue weighted by Gasteiger charge is 2.47. The van der Waals surface area contributed by atoms with Crippen LogP contribution >= 0.6 is 0 Å². The highest BCUT2D eigenvalue weighted by atomic mass is 16.6. The maximum atomic E-state index is 13.5. The van der Waals surface area contributed by atoms with Crippen molar-refractivity contribution in [2.75, 3.05) is 0 Å². The van der Waals surface area contributed by atoms with Crippen LogP contribution in [0.3, 0.4) is 0 Å². The largest absolute Gasteiger partial charge is 0.465 e. The van der Waals surface area contributed by atoms with Crippen LogP contribution in [0.1, 0.15) is 93.9 Å². The molecule has 8 heteroatoms. The Balaban J connectivity index is 2.17. The molecule has 6 atom stereocenters. The minimum Gasteiger partial charge on any atom is -0.465 e. The number of carbonyl (C=O) groups excluding carboxylic acids is 1. The van der Waals surface area contributed by atoms with Gasteiger partial charge in [-0.05, 0) is 79.1 Å². The van der Waals surface area contributed by atoms with Crippen LogP contribution in [0.25, 0.3) is 0 Å². The average Bonchev–Trinajstić information content (AvgIpc) is 2.56. The Hall–Kier alpha value is -1.54. The molecule has 3 unspecified atom stereocenters. The third-order valence-electron chi connectivity index (χ3n) is 7.15. The Morgan fingerprint density at radius 1 is 0.938 bits per heavy atom. The summed E-state index contributed by atoms with van der Waals surface area (Å²) in [6, 6.07) is 0.0700. The molecule has 186 valence electrons. The van der Waals surface area contributed by atoms with Crippen molar-refractivity contribution in [3.8, 4) is 0 Å². The first kappa shape index (κ1) is 26.7. The number of nitrogens with zero attached hydrogens (tertiary/aromatic N) is 2. The maximum absolute atomic E-state index is 13.5. The molecule has 0 radical (unpaired) electrons. The van der Waals surface area contributed by atoms with Gasteiger partial charge in [0.05, 0.1) is 0 Å². The van der Waals surface area contributed by atoms with Crippen LogP contribution in [0.2, 0.25) is 0 Å². The van der Waals surface area contributed by atoms with Crippen molar-refractivity contribution in [2.24, 2.45) is 23.3 Å². The molecule has 0 aromatic rings. The van der Waals surface area contributed by atoms with Crippen LogP contribution in [-0.2, 0) is 4.74 Å². The smallest absolute Gasteiger partial charge is 0.412 e. The van der Waals surface area contributed by atoms with Gasteiger partial charge in [-0.3, -0.25) is 5.73 Å². The lowest BCUT2D eigenvalue weighted by molar-refractivity contribution is -0.0837. The normalized spacial score (nSPS) is 34.0. The molecule has 32 heavy (non-hydrogen) atoms. The van der Waals surface area contributed by atoms with Gasteiger partial charge in [-0.2, -0.15) is 0 Å². The molecular weight excluding hydrogens is 408 g/mol. The van der Waals surface area contributed by atoms with Gasteiger partial charge in [0.2, 0.25) is 0 Å². The number of hydrogen-bond donors (Lipinski definition) is 3. The zero-order valence-electron chi connectivity index (χ0n) is 21.4. The van der Waals surface area contributed by atoms with Gasteiger partial charge in [0.25, 0.3) is 0 Å². The molecule has 8 nitrogen and oxygen atoms in total. The summed E-state index contributed by atoms with van der Waals surface area (Å²) in [5, 5.41) is 9.80.